The van der Waals surface area contributed by atoms with Gasteiger partial charge in [0.2, 0.25) is 0 Å². The lowest BCUT2D eigenvalue weighted by Gasteiger charge is -2.34. The maximum Gasteiger partial charge on any atom is 0.410 e. The van der Waals surface area contributed by atoms with Crippen LogP contribution in [0.4, 0.5) is 4.79 Å². The number of carbonyl (C=O) groups excluding carboxylic acids is 1. The molecule has 16 heavy (non-hydrogen) atoms. The number of nitriles is 1. The minimum Gasteiger partial charge on any atom is -0.444 e. The zero-order chi connectivity index (χ0) is 12.3. The minimum absolute atomic E-state index is 0.243. The Morgan fingerprint density at radius 1 is 1.56 bits per heavy atom. The van der Waals surface area contributed by atoms with Crippen molar-refractivity contribution in [3.63, 3.8) is 0 Å². The van der Waals surface area contributed by atoms with Crippen molar-refractivity contribution in [1.82, 2.24) is 4.90 Å². The molecule has 1 fully saturated rings. The summed E-state index contributed by atoms with van der Waals surface area (Å²) in [5, 5.41) is 18.3. The molecule has 0 aromatic carbocycles. The van der Waals surface area contributed by atoms with Crippen LogP contribution in [0, 0.1) is 17.2 Å². The largest absolute Gasteiger partial charge is 0.444 e. The molecule has 5 nitrogen and oxygen atoms in total. The third-order valence-corrected chi connectivity index (χ3v) is 2.39. The summed E-state index contributed by atoms with van der Waals surface area (Å²) in [5.41, 5.74) is -0.532. The highest BCUT2D eigenvalue weighted by molar-refractivity contribution is 5.68. The van der Waals surface area contributed by atoms with Gasteiger partial charge in [-0.3, -0.25) is 0 Å². The highest BCUT2D eigenvalue weighted by Crippen LogP contribution is 2.19. The van der Waals surface area contributed by atoms with Gasteiger partial charge in [0.1, 0.15) is 5.60 Å². The van der Waals surface area contributed by atoms with Gasteiger partial charge in [-0.2, -0.15) is 5.26 Å². The molecule has 1 amide bonds. The predicted molar refractivity (Wildman–Crippen MR) is 57.5 cm³/mol. The molecule has 1 aliphatic heterocycles. The van der Waals surface area contributed by atoms with Crippen molar-refractivity contribution in [2.45, 2.75) is 38.9 Å². The summed E-state index contributed by atoms with van der Waals surface area (Å²) in [6.45, 7) is 6.07. The van der Waals surface area contributed by atoms with Crippen molar-refractivity contribution in [3.8, 4) is 6.07 Å². The van der Waals surface area contributed by atoms with Crippen LogP contribution < -0.4 is 0 Å². The van der Waals surface area contributed by atoms with E-state index in [0.717, 1.165) is 0 Å². The molecule has 1 aliphatic rings. The first-order valence-electron chi connectivity index (χ1n) is 5.39. The van der Waals surface area contributed by atoms with Crippen molar-refractivity contribution in [3.05, 3.63) is 0 Å². The van der Waals surface area contributed by atoms with Gasteiger partial charge in [-0.25, -0.2) is 4.79 Å². The predicted octanol–water partition coefficient (Wildman–Crippen LogP) is 1.13. The van der Waals surface area contributed by atoms with Crippen LogP contribution in [0.25, 0.3) is 0 Å². The van der Waals surface area contributed by atoms with Gasteiger partial charge in [0.25, 0.3) is 0 Å². The van der Waals surface area contributed by atoms with Crippen LogP contribution in [0.1, 0.15) is 27.2 Å². The Kier molecular flexibility index (Phi) is 3.76. The van der Waals surface area contributed by atoms with E-state index in [9.17, 15) is 9.90 Å². The van der Waals surface area contributed by atoms with E-state index in [1.165, 1.54) is 4.90 Å². The van der Waals surface area contributed by atoms with Gasteiger partial charge in [0.15, 0.2) is 0 Å². The summed E-state index contributed by atoms with van der Waals surface area (Å²) < 4.78 is 5.20. The number of ether oxygens (including phenoxy) is 1. The summed E-state index contributed by atoms with van der Waals surface area (Å²) in [5.74, 6) is -0.513. The normalized spacial score (nSPS) is 26.1. The summed E-state index contributed by atoms with van der Waals surface area (Å²) in [7, 11) is 0. The topological polar surface area (TPSA) is 73.6 Å². The van der Waals surface area contributed by atoms with Gasteiger partial charge in [-0.05, 0) is 27.2 Å². The Hall–Kier alpha value is -1.28. The highest BCUT2D eigenvalue weighted by Gasteiger charge is 2.32. The molecule has 5 heteroatoms. The molecular formula is C11H18N2O3. The molecule has 1 N–H and O–H groups in total. The molecule has 0 aromatic heterocycles. The average Bonchev–Trinajstić information content (AvgIpc) is 2.15. The van der Waals surface area contributed by atoms with Gasteiger partial charge in [0, 0.05) is 13.1 Å². The number of carbonyl (C=O) groups is 1. The third-order valence-electron chi connectivity index (χ3n) is 2.39. The Bertz CT molecular complexity index is 303. The van der Waals surface area contributed by atoms with Crippen LogP contribution in [-0.4, -0.2) is 40.9 Å². The van der Waals surface area contributed by atoms with Gasteiger partial charge in [-0.15, -0.1) is 0 Å². The quantitative estimate of drug-likeness (QED) is 0.672. The smallest absolute Gasteiger partial charge is 0.410 e. The summed E-state index contributed by atoms with van der Waals surface area (Å²) >= 11 is 0. The molecule has 0 radical (unpaired) electrons. The van der Waals surface area contributed by atoms with E-state index in [2.05, 4.69) is 0 Å². The van der Waals surface area contributed by atoms with Gasteiger partial charge >= 0.3 is 6.09 Å². The number of amides is 1. The van der Waals surface area contributed by atoms with Crippen LogP contribution in [0.15, 0.2) is 0 Å². The monoisotopic (exact) mass is 226 g/mol. The first-order chi connectivity index (χ1) is 7.33. The van der Waals surface area contributed by atoms with Crippen molar-refractivity contribution in [2.24, 2.45) is 5.92 Å². The Morgan fingerprint density at radius 2 is 2.19 bits per heavy atom. The zero-order valence-corrected chi connectivity index (χ0v) is 9.93. The van der Waals surface area contributed by atoms with Crippen LogP contribution in [0.5, 0.6) is 0 Å². The maximum atomic E-state index is 11.7. The molecule has 1 heterocycles. The van der Waals surface area contributed by atoms with Crippen LogP contribution in [0.2, 0.25) is 0 Å². The van der Waals surface area contributed by atoms with E-state index in [-0.39, 0.29) is 6.54 Å². The van der Waals surface area contributed by atoms with Crippen molar-refractivity contribution in [1.29, 1.82) is 5.26 Å². The standard InChI is InChI=1S/C11H18N2O3/c1-11(2,3)16-10(15)13-5-4-9(14)8(6-12)7-13/h8-9,14H,4-5,7H2,1-3H3/t8-,9+/m0/s1. The molecular weight excluding hydrogens is 208 g/mol. The van der Waals surface area contributed by atoms with E-state index < -0.39 is 23.7 Å². The number of aliphatic hydroxyl groups excluding tert-OH is 1. The fourth-order valence-corrected chi connectivity index (χ4v) is 1.56. The maximum absolute atomic E-state index is 11.7. The zero-order valence-electron chi connectivity index (χ0n) is 9.93. The lowest BCUT2D eigenvalue weighted by molar-refractivity contribution is 0.000842. The Balaban J connectivity index is 2.56. The Morgan fingerprint density at radius 3 is 2.69 bits per heavy atom. The van der Waals surface area contributed by atoms with E-state index in [0.29, 0.717) is 13.0 Å². The van der Waals surface area contributed by atoms with E-state index in [4.69, 9.17) is 10.00 Å². The van der Waals surface area contributed by atoms with Crippen molar-refractivity contribution < 1.29 is 14.6 Å². The van der Waals surface area contributed by atoms with Crippen LogP contribution in [-0.2, 0) is 4.74 Å². The van der Waals surface area contributed by atoms with Crippen LogP contribution in [0.3, 0.4) is 0 Å². The summed E-state index contributed by atoms with van der Waals surface area (Å²) in [6, 6.07) is 2.00. The van der Waals surface area contributed by atoms with Crippen LogP contribution >= 0.6 is 0 Å². The Labute approximate surface area is 95.6 Å². The van der Waals surface area contributed by atoms with Gasteiger partial charge < -0.3 is 14.7 Å². The molecule has 0 aliphatic carbocycles. The summed E-state index contributed by atoms with van der Waals surface area (Å²) in [6.07, 6.45) is -0.624. The number of hydrogen-bond acceptors (Lipinski definition) is 4. The average molecular weight is 226 g/mol. The van der Waals surface area contributed by atoms with E-state index in [1.54, 1.807) is 20.8 Å². The molecule has 2 atom stereocenters. The number of hydrogen-bond donors (Lipinski definition) is 1. The lowest BCUT2D eigenvalue weighted by Crippen LogP contribution is -2.47. The third kappa shape index (κ3) is 3.38. The summed E-state index contributed by atoms with van der Waals surface area (Å²) in [4.78, 5) is 13.2. The van der Waals surface area contributed by atoms with Crippen molar-refractivity contribution >= 4 is 6.09 Å². The van der Waals surface area contributed by atoms with Crippen molar-refractivity contribution in [2.75, 3.05) is 13.1 Å². The molecule has 90 valence electrons. The molecule has 0 spiro atoms. The molecule has 0 unspecified atom stereocenters. The molecule has 1 saturated heterocycles. The number of rotatable bonds is 0. The number of aliphatic hydroxyl groups is 1. The SMILES string of the molecule is CC(C)(C)OC(=O)N1CC[C@@H](O)[C@@H](C#N)C1. The number of nitrogens with zero attached hydrogens (tertiary/aromatic N) is 2. The fourth-order valence-electron chi connectivity index (χ4n) is 1.56. The minimum atomic E-state index is -0.635. The molecule has 1 rings (SSSR count). The lowest BCUT2D eigenvalue weighted by atomic mass is 9.96. The van der Waals surface area contributed by atoms with E-state index >= 15 is 0 Å². The second-order valence-electron chi connectivity index (χ2n) is 5.02. The first kappa shape index (κ1) is 12.8. The highest BCUT2D eigenvalue weighted by atomic mass is 16.6. The first-order valence-corrected chi connectivity index (χ1v) is 5.39. The molecule has 0 saturated carbocycles. The van der Waals surface area contributed by atoms with Gasteiger partial charge in [-0.1, -0.05) is 0 Å². The second kappa shape index (κ2) is 4.71. The molecule has 0 aromatic rings. The number of piperidine rings is 1. The molecule has 0 bridgehead atoms. The van der Waals surface area contributed by atoms with Gasteiger partial charge in [0.05, 0.1) is 18.1 Å². The number of likely N-dealkylation sites (tertiary alicyclic amines) is 1. The van der Waals surface area contributed by atoms with E-state index in [1.807, 2.05) is 6.07 Å². The second-order valence-corrected chi connectivity index (χ2v) is 5.02. The fraction of sp³-hybridized carbons (Fsp3) is 0.818.